The molecule has 120 valence electrons. The first kappa shape index (κ1) is 16.5. The van der Waals surface area contributed by atoms with Crippen LogP contribution in [0.25, 0.3) is 0 Å². The second kappa shape index (κ2) is 6.09. The molecule has 0 aromatic rings. The van der Waals surface area contributed by atoms with Gasteiger partial charge in [-0.3, -0.25) is 4.79 Å². The van der Waals surface area contributed by atoms with Crippen LogP contribution >= 0.6 is 0 Å². The highest BCUT2D eigenvalue weighted by Crippen LogP contribution is 2.46. The number of ether oxygens (including phenoxy) is 2. The average molecular weight is 296 g/mol. The van der Waals surface area contributed by atoms with E-state index in [1.807, 2.05) is 13.0 Å². The molecule has 1 N–H and O–H groups in total. The maximum Gasteiger partial charge on any atom is 0.303 e. The minimum Gasteiger partial charge on any atom is -0.458 e. The van der Waals surface area contributed by atoms with E-state index in [0.29, 0.717) is 12.3 Å². The predicted octanol–water partition coefficient (Wildman–Crippen LogP) is 2.84. The van der Waals surface area contributed by atoms with Crippen molar-refractivity contribution in [3.63, 3.8) is 0 Å². The normalized spacial score (nSPS) is 40.2. The van der Waals surface area contributed by atoms with Gasteiger partial charge in [-0.2, -0.15) is 0 Å². The maximum atomic E-state index is 11.3. The Bertz CT molecular complexity index is 429. The Hall–Kier alpha value is -0.870. The van der Waals surface area contributed by atoms with E-state index in [-0.39, 0.29) is 29.7 Å². The highest BCUT2D eigenvalue weighted by atomic mass is 16.6. The monoisotopic (exact) mass is 296 g/mol. The highest BCUT2D eigenvalue weighted by Gasteiger charge is 2.58. The van der Waals surface area contributed by atoms with Crippen LogP contribution in [0.5, 0.6) is 0 Å². The lowest BCUT2D eigenvalue weighted by molar-refractivity contribution is -0.144. The standard InChI is InChI=1S/C17H28O4/c1-10(2)14-7-6-11(3)8-13(20-12(4)18)9-17(5)16(21-17)15(14)19/h8,10,13-16,19H,6-7,9H2,1-5H3/t13-,14-,15+,16-,17-/m0/s1. The van der Waals surface area contributed by atoms with Crippen LogP contribution in [0, 0.1) is 11.8 Å². The van der Waals surface area contributed by atoms with Crippen LogP contribution in [0.1, 0.15) is 53.9 Å². The molecule has 1 fully saturated rings. The van der Waals surface area contributed by atoms with E-state index in [1.165, 1.54) is 12.5 Å². The Kier molecular flexibility index (Phi) is 4.79. The first-order valence-electron chi connectivity index (χ1n) is 7.93. The molecule has 1 saturated heterocycles. The summed E-state index contributed by atoms with van der Waals surface area (Å²) < 4.78 is 11.2. The summed E-state index contributed by atoms with van der Waals surface area (Å²) in [5, 5.41) is 10.6. The summed E-state index contributed by atoms with van der Waals surface area (Å²) >= 11 is 0. The molecule has 21 heavy (non-hydrogen) atoms. The van der Waals surface area contributed by atoms with Gasteiger partial charge in [0.25, 0.3) is 0 Å². The van der Waals surface area contributed by atoms with Crippen LogP contribution in [0.2, 0.25) is 0 Å². The van der Waals surface area contributed by atoms with Gasteiger partial charge in [0.05, 0.1) is 11.7 Å². The Morgan fingerprint density at radius 3 is 2.76 bits per heavy atom. The van der Waals surface area contributed by atoms with Gasteiger partial charge < -0.3 is 14.6 Å². The minimum absolute atomic E-state index is 0.144. The molecule has 2 rings (SSSR count). The van der Waals surface area contributed by atoms with E-state index in [9.17, 15) is 9.90 Å². The van der Waals surface area contributed by atoms with Crippen molar-refractivity contribution in [2.75, 3.05) is 0 Å². The Morgan fingerprint density at radius 2 is 2.19 bits per heavy atom. The topological polar surface area (TPSA) is 59.1 Å². The number of hydrogen-bond acceptors (Lipinski definition) is 4. The van der Waals surface area contributed by atoms with E-state index in [1.54, 1.807) is 0 Å². The van der Waals surface area contributed by atoms with Crippen LogP contribution in [-0.4, -0.2) is 35.0 Å². The minimum atomic E-state index is -0.445. The lowest BCUT2D eigenvalue weighted by atomic mass is 9.80. The Balaban J connectivity index is 2.21. The molecule has 0 unspecified atom stereocenters. The van der Waals surface area contributed by atoms with Gasteiger partial charge in [0.2, 0.25) is 0 Å². The van der Waals surface area contributed by atoms with Crippen LogP contribution in [0.3, 0.4) is 0 Å². The molecule has 1 heterocycles. The molecule has 1 aliphatic heterocycles. The first-order chi connectivity index (χ1) is 9.73. The number of epoxide rings is 1. The molecule has 0 aromatic carbocycles. The van der Waals surface area contributed by atoms with Crippen molar-refractivity contribution in [1.29, 1.82) is 0 Å². The Labute approximate surface area is 127 Å². The number of fused-ring (bicyclic) bond motifs is 1. The summed E-state index contributed by atoms with van der Waals surface area (Å²) in [6.07, 6.45) is 3.65. The number of carbonyl (C=O) groups excluding carboxylic acids is 1. The van der Waals surface area contributed by atoms with Crippen LogP contribution in [0.4, 0.5) is 0 Å². The molecule has 0 saturated carbocycles. The average Bonchev–Trinajstić information content (AvgIpc) is 2.98. The number of rotatable bonds is 2. The van der Waals surface area contributed by atoms with Crippen molar-refractivity contribution in [3.8, 4) is 0 Å². The van der Waals surface area contributed by atoms with Gasteiger partial charge in [0, 0.05) is 13.3 Å². The molecule has 2 aliphatic rings. The second-order valence-electron chi connectivity index (χ2n) is 7.15. The SMILES string of the molecule is CC(=O)O[C@H]1C=C(C)CC[C@@H](C(C)C)[C@@H](O)[C@@H]2O[C@@]2(C)C1. The Morgan fingerprint density at radius 1 is 1.52 bits per heavy atom. The number of aliphatic hydroxyl groups is 1. The third-order valence-corrected chi connectivity index (χ3v) is 4.81. The zero-order valence-corrected chi connectivity index (χ0v) is 13.8. The predicted molar refractivity (Wildman–Crippen MR) is 80.8 cm³/mol. The summed E-state index contributed by atoms with van der Waals surface area (Å²) in [6.45, 7) is 9.80. The molecule has 4 nitrogen and oxygen atoms in total. The highest BCUT2D eigenvalue weighted by molar-refractivity contribution is 5.66. The van der Waals surface area contributed by atoms with Crippen molar-refractivity contribution >= 4 is 5.97 Å². The number of aliphatic hydroxyl groups excluding tert-OH is 1. The van der Waals surface area contributed by atoms with E-state index in [0.717, 1.165) is 12.8 Å². The van der Waals surface area contributed by atoms with Gasteiger partial charge in [0.1, 0.15) is 12.2 Å². The number of hydrogen-bond donors (Lipinski definition) is 1. The van der Waals surface area contributed by atoms with Crippen molar-refractivity contribution in [2.24, 2.45) is 11.8 Å². The second-order valence-corrected chi connectivity index (χ2v) is 7.15. The molecule has 1 aliphatic carbocycles. The van der Waals surface area contributed by atoms with Gasteiger partial charge in [-0.25, -0.2) is 0 Å². The number of esters is 1. The molecule has 0 bridgehead atoms. The summed E-state index contributed by atoms with van der Waals surface area (Å²) in [5.41, 5.74) is 0.822. The molecule has 5 atom stereocenters. The van der Waals surface area contributed by atoms with Gasteiger partial charge in [-0.15, -0.1) is 0 Å². The maximum absolute atomic E-state index is 11.3. The van der Waals surface area contributed by atoms with Crippen molar-refractivity contribution in [3.05, 3.63) is 11.6 Å². The number of carbonyl (C=O) groups is 1. The van der Waals surface area contributed by atoms with Gasteiger partial charge in [-0.1, -0.05) is 19.4 Å². The lowest BCUT2D eigenvalue weighted by Crippen LogP contribution is -2.35. The number of allylic oxidation sites excluding steroid dienone is 1. The van der Waals surface area contributed by atoms with Gasteiger partial charge >= 0.3 is 5.97 Å². The van der Waals surface area contributed by atoms with E-state index in [2.05, 4.69) is 20.8 Å². The summed E-state index contributed by atoms with van der Waals surface area (Å²) in [7, 11) is 0. The largest absolute Gasteiger partial charge is 0.458 e. The third-order valence-electron chi connectivity index (χ3n) is 4.81. The van der Waals surface area contributed by atoms with Crippen LogP contribution in [0.15, 0.2) is 11.6 Å². The van der Waals surface area contributed by atoms with Crippen molar-refractivity contribution in [2.45, 2.75) is 77.8 Å². The fourth-order valence-electron chi connectivity index (χ4n) is 3.52. The molecule has 4 heteroatoms. The quantitative estimate of drug-likeness (QED) is 0.483. The molecular formula is C17H28O4. The first-order valence-corrected chi connectivity index (χ1v) is 7.93. The summed E-state index contributed by atoms with van der Waals surface area (Å²) in [4.78, 5) is 11.3. The fraction of sp³-hybridized carbons (Fsp3) is 0.824. The zero-order valence-electron chi connectivity index (χ0n) is 13.8. The summed E-state index contributed by atoms with van der Waals surface area (Å²) in [5.74, 6) is 0.387. The van der Waals surface area contributed by atoms with Crippen LogP contribution in [-0.2, 0) is 14.3 Å². The smallest absolute Gasteiger partial charge is 0.303 e. The summed E-state index contributed by atoms with van der Waals surface area (Å²) in [6, 6.07) is 0. The third kappa shape index (κ3) is 3.86. The van der Waals surface area contributed by atoms with E-state index >= 15 is 0 Å². The molecule has 0 amide bonds. The zero-order chi connectivity index (χ0) is 15.8. The van der Waals surface area contributed by atoms with E-state index in [4.69, 9.17) is 9.47 Å². The molecule has 0 spiro atoms. The lowest BCUT2D eigenvalue weighted by Gasteiger charge is -2.28. The fourth-order valence-corrected chi connectivity index (χ4v) is 3.52. The van der Waals surface area contributed by atoms with Crippen molar-refractivity contribution < 1.29 is 19.4 Å². The van der Waals surface area contributed by atoms with E-state index < -0.39 is 6.10 Å². The molecular weight excluding hydrogens is 268 g/mol. The molecule has 0 radical (unpaired) electrons. The van der Waals surface area contributed by atoms with Gasteiger partial charge in [-0.05, 0) is 44.6 Å². The van der Waals surface area contributed by atoms with Gasteiger partial charge in [0.15, 0.2) is 0 Å². The molecule has 0 aromatic heterocycles. The van der Waals surface area contributed by atoms with Crippen molar-refractivity contribution in [1.82, 2.24) is 0 Å². The van der Waals surface area contributed by atoms with Crippen LogP contribution < -0.4 is 0 Å².